The lowest BCUT2D eigenvalue weighted by atomic mass is 10.2. The van der Waals surface area contributed by atoms with Crippen molar-refractivity contribution >= 4 is 5.97 Å². The molecule has 19 heavy (non-hydrogen) atoms. The number of carboxylic acids is 1. The number of aromatic nitrogens is 2. The van der Waals surface area contributed by atoms with Crippen LogP contribution in [0.1, 0.15) is 10.4 Å². The number of hydrogen-bond acceptors (Lipinski definition) is 4. The van der Waals surface area contributed by atoms with Gasteiger partial charge in [-0.05, 0) is 30.3 Å². The summed E-state index contributed by atoms with van der Waals surface area (Å²) < 4.78 is 6.70. The Kier molecular flexibility index (Phi) is 3.92. The summed E-state index contributed by atoms with van der Waals surface area (Å²) in [5.74, 6) is -0.430. The lowest BCUT2D eigenvalue weighted by molar-refractivity contribution is 0.0697. The first-order valence-electron chi connectivity index (χ1n) is 5.65. The molecule has 0 saturated carbocycles. The molecule has 0 aliphatic carbocycles. The number of nitrogens with zero attached hydrogens (tertiary/aromatic N) is 2. The molecule has 0 atom stereocenters. The van der Waals surface area contributed by atoms with Crippen molar-refractivity contribution in [3.8, 4) is 5.75 Å². The van der Waals surface area contributed by atoms with Crippen molar-refractivity contribution in [1.29, 1.82) is 0 Å². The van der Waals surface area contributed by atoms with Crippen LogP contribution in [0, 0.1) is 0 Å². The molecule has 2 rings (SSSR count). The average molecular weight is 260 g/mol. The zero-order valence-electron chi connectivity index (χ0n) is 10.0. The van der Waals surface area contributed by atoms with Gasteiger partial charge in [-0.15, -0.1) is 0 Å². The zero-order valence-corrected chi connectivity index (χ0v) is 10.0. The molecule has 1 N–H and O–H groups in total. The van der Waals surface area contributed by atoms with E-state index in [9.17, 15) is 9.59 Å². The van der Waals surface area contributed by atoms with Crippen molar-refractivity contribution in [2.75, 3.05) is 6.61 Å². The first-order valence-corrected chi connectivity index (χ1v) is 5.65. The first-order chi connectivity index (χ1) is 9.16. The van der Waals surface area contributed by atoms with Crippen LogP contribution in [0.25, 0.3) is 0 Å². The molecule has 0 radical (unpaired) electrons. The van der Waals surface area contributed by atoms with E-state index in [1.165, 1.54) is 29.1 Å². The van der Waals surface area contributed by atoms with Gasteiger partial charge >= 0.3 is 5.97 Å². The van der Waals surface area contributed by atoms with Crippen molar-refractivity contribution in [2.24, 2.45) is 0 Å². The molecule has 1 heterocycles. The minimum atomic E-state index is -0.980. The first kappa shape index (κ1) is 12.8. The molecule has 6 nitrogen and oxygen atoms in total. The molecule has 0 unspecified atom stereocenters. The van der Waals surface area contributed by atoms with Gasteiger partial charge in [0, 0.05) is 12.3 Å². The Hall–Kier alpha value is -2.63. The second-order valence-electron chi connectivity index (χ2n) is 3.76. The van der Waals surface area contributed by atoms with E-state index in [1.807, 2.05) is 0 Å². The van der Waals surface area contributed by atoms with E-state index in [1.54, 1.807) is 18.2 Å². The summed E-state index contributed by atoms with van der Waals surface area (Å²) in [6.07, 6.45) is 1.53. The van der Waals surface area contributed by atoms with Crippen LogP contribution in [-0.4, -0.2) is 27.5 Å². The van der Waals surface area contributed by atoms with E-state index in [4.69, 9.17) is 9.84 Å². The van der Waals surface area contributed by atoms with E-state index in [2.05, 4.69) is 5.10 Å². The zero-order chi connectivity index (χ0) is 13.7. The molecule has 0 fully saturated rings. The number of carbonyl (C=O) groups is 1. The van der Waals surface area contributed by atoms with Crippen LogP contribution in [-0.2, 0) is 6.54 Å². The molecular weight excluding hydrogens is 248 g/mol. The van der Waals surface area contributed by atoms with Crippen molar-refractivity contribution in [2.45, 2.75) is 6.54 Å². The van der Waals surface area contributed by atoms with Gasteiger partial charge in [-0.2, -0.15) is 5.10 Å². The maximum atomic E-state index is 11.4. The quantitative estimate of drug-likeness (QED) is 0.868. The van der Waals surface area contributed by atoms with Crippen LogP contribution in [0.2, 0.25) is 0 Å². The van der Waals surface area contributed by atoms with Gasteiger partial charge in [0.1, 0.15) is 12.4 Å². The predicted molar refractivity (Wildman–Crippen MR) is 67.4 cm³/mol. The van der Waals surface area contributed by atoms with Crippen LogP contribution < -0.4 is 10.3 Å². The molecule has 0 bridgehead atoms. The summed E-state index contributed by atoms with van der Waals surface area (Å²) in [5.41, 5.74) is 0.0145. The van der Waals surface area contributed by atoms with Gasteiger partial charge in [-0.3, -0.25) is 4.79 Å². The number of hydrogen-bond donors (Lipinski definition) is 1. The summed E-state index contributed by atoms with van der Waals surface area (Å²) in [6.45, 7) is 0.615. The third-order valence-electron chi connectivity index (χ3n) is 2.46. The number of carboxylic acid groups (broad SMARTS) is 1. The Morgan fingerprint density at radius 3 is 2.63 bits per heavy atom. The largest absolute Gasteiger partial charge is 0.492 e. The monoisotopic (exact) mass is 260 g/mol. The summed E-state index contributed by atoms with van der Waals surface area (Å²) >= 11 is 0. The smallest absolute Gasteiger partial charge is 0.335 e. The third kappa shape index (κ3) is 3.41. The highest BCUT2D eigenvalue weighted by Gasteiger charge is 2.02. The highest BCUT2D eigenvalue weighted by Crippen LogP contribution is 2.11. The van der Waals surface area contributed by atoms with Crippen molar-refractivity contribution < 1.29 is 14.6 Å². The molecule has 6 heteroatoms. The molecule has 0 aliphatic rings. The Labute approximate surface area is 108 Å². The fourth-order valence-electron chi connectivity index (χ4n) is 1.50. The molecule has 0 saturated heterocycles. The minimum absolute atomic E-state index is 0.188. The van der Waals surface area contributed by atoms with Crippen molar-refractivity contribution in [1.82, 2.24) is 9.78 Å². The van der Waals surface area contributed by atoms with Gasteiger partial charge in [0.2, 0.25) is 0 Å². The Morgan fingerprint density at radius 1 is 1.26 bits per heavy atom. The topological polar surface area (TPSA) is 81.4 Å². The minimum Gasteiger partial charge on any atom is -0.492 e. The molecule has 0 aliphatic heterocycles. The highest BCUT2D eigenvalue weighted by atomic mass is 16.5. The molecule has 1 aromatic carbocycles. The van der Waals surface area contributed by atoms with E-state index in [0.29, 0.717) is 12.3 Å². The fraction of sp³-hybridized carbons (Fsp3) is 0.154. The molecular formula is C13H12N2O4. The standard InChI is InChI=1S/C13H12N2O4/c16-12-2-1-7-14-15(12)8-9-19-11-5-3-10(4-6-11)13(17)18/h1-7H,8-9H2,(H,17,18). The highest BCUT2D eigenvalue weighted by molar-refractivity contribution is 5.87. The van der Waals surface area contributed by atoms with Crippen LogP contribution >= 0.6 is 0 Å². The van der Waals surface area contributed by atoms with Gasteiger partial charge in [-0.1, -0.05) is 0 Å². The SMILES string of the molecule is O=C(O)c1ccc(OCCn2ncccc2=O)cc1. The van der Waals surface area contributed by atoms with Crippen LogP contribution in [0.3, 0.4) is 0 Å². The van der Waals surface area contributed by atoms with Crippen LogP contribution in [0.15, 0.2) is 47.4 Å². The lowest BCUT2D eigenvalue weighted by Crippen LogP contribution is -2.24. The second-order valence-corrected chi connectivity index (χ2v) is 3.76. The maximum absolute atomic E-state index is 11.4. The Balaban J connectivity index is 1.91. The number of ether oxygens (including phenoxy) is 1. The fourth-order valence-corrected chi connectivity index (χ4v) is 1.50. The summed E-state index contributed by atoms with van der Waals surface area (Å²) in [4.78, 5) is 22.0. The summed E-state index contributed by atoms with van der Waals surface area (Å²) in [7, 11) is 0. The molecule has 1 aromatic heterocycles. The van der Waals surface area contributed by atoms with Gasteiger partial charge in [-0.25, -0.2) is 9.48 Å². The van der Waals surface area contributed by atoms with E-state index in [-0.39, 0.29) is 17.7 Å². The van der Waals surface area contributed by atoms with Crippen LogP contribution in [0.4, 0.5) is 0 Å². The van der Waals surface area contributed by atoms with Gasteiger partial charge in [0.05, 0.1) is 12.1 Å². The van der Waals surface area contributed by atoms with E-state index in [0.717, 1.165) is 0 Å². The van der Waals surface area contributed by atoms with E-state index >= 15 is 0 Å². The molecule has 0 spiro atoms. The Bertz CT molecular complexity index is 619. The molecule has 2 aromatic rings. The second kappa shape index (κ2) is 5.81. The average Bonchev–Trinajstić information content (AvgIpc) is 2.41. The predicted octanol–water partition coefficient (Wildman–Crippen LogP) is 1.02. The third-order valence-corrected chi connectivity index (χ3v) is 2.46. The normalized spacial score (nSPS) is 10.1. The van der Waals surface area contributed by atoms with Crippen LogP contribution in [0.5, 0.6) is 5.75 Å². The van der Waals surface area contributed by atoms with Crippen molar-refractivity contribution in [3.63, 3.8) is 0 Å². The van der Waals surface area contributed by atoms with Gasteiger partial charge in [0.25, 0.3) is 5.56 Å². The number of benzene rings is 1. The summed E-state index contributed by atoms with van der Waals surface area (Å²) in [6, 6.07) is 9.07. The van der Waals surface area contributed by atoms with Gasteiger partial charge < -0.3 is 9.84 Å². The lowest BCUT2D eigenvalue weighted by Gasteiger charge is -2.07. The number of rotatable bonds is 5. The van der Waals surface area contributed by atoms with Gasteiger partial charge in [0.15, 0.2) is 0 Å². The molecule has 98 valence electrons. The Morgan fingerprint density at radius 2 is 2.00 bits per heavy atom. The molecule has 0 amide bonds. The number of aromatic carboxylic acids is 1. The summed E-state index contributed by atoms with van der Waals surface area (Å²) in [5, 5.41) is 12.6. The van der Waals surface area contributed by atoms with Crippen molar-refractivity contribution in [3.05, 3.63) is 58.5 Å². The maximum Gasteiger partial charge on any atom is 0.335 e. The van der Waals surface area contributed by atoms with E-state index < -0.39 is 5.97 Å².